The van der Waals surface area contributed by atoms with Gasteiger partial charge in [-0.15, -0.1) is 0 Å². The highest BCUT2D eigenvalue weighted by molar-refractivity contribution is 6.15. The number of hydrogen-bond acceptors (Lipinski definition) is 7. The second-order valence-electron chi connectivity index (χ2n) is 11.5. The van der Waals surface area contributed by atoms with Gasteiger partial charge in [0.25, 0.3) is 0 Å². The zero-order valence-electron chi connectivity index (χ0n) is 25.0. The van der Waals surface area contributed by atoms with Crippen LogP contribution in [0.15, 0.2) is 149 Å². The van der Waals surface area contributed by atoms with E-state index in [4.69, 9.17) is 13.6 Å². The van der Waals surface area contributed by atoms with Crippen LogP contribution in [-0.4, -0.2) is 23.6 Å². The molecule has 0 bridgehead atoms. The van der Waals surface area contributed by atoms with Crippen LogP contribution in [0.1, 0.15) is 0 Å². The first-order chi connectivity index (χ1) is 22.7. The van der Waals surface area contributed by atoms with E-state index in [0.29, 0.717) is 11.6 Å². The lowest BCUT2D eigenvalue weighted by molar-refractivity contribution is 0.463. The summed E-state index contributed by atoms with van der Waals surface area (Å²) in [4.78, 5) is 11.1. The van der Waals surface area contributed by atoms with E-state index in [9.17, 15) is 0 Å². The maximum Gasteiger partial charge on any atom is 0.219 e. The average molecular weight is 601 g/mol. The van der Waals surface area contributed by atoms with E-state index in [0.717, 1.165) is 73.3 Å². The van der Waals surface area contributed by atoms with E-state index in [2.05, 4.69) is 81.6 Å². The summed E-state index contributed by atoms with van der Waals surface area (Å²) in [6.45, 7) is 0.727. The molecule has 9 rings (SSSR count). The van der Waals surface area contributed by atoms with Crippen LogP contribution in [0.2, 0.25) is 0 Å². The Morgan fingerprint density at radius 2 is 1.43 bits per heavy atom. The summed E-state index contributed by atoms with van der Waals surface area (Å²) in [7, 11) is 2.08. The number of anilines is 4. The summed E-state index contributed by atoms with van der Waals surface area (Å²) >= 11 is 0. The van der Waals surface area contributed by atoms with Gasteiger partial charge in [-0.25, -0.2) is 4.98 Å². The van der Waals surface area contributed by atoms with E-state index in [-0.39, 0.29) is 0 Å². The Labute approximate surface area is 264 Å². The van der Waals surface area contributed by atoms with Crippen molar-refractivity contribution >= 4 is 66.6 Å². The summed E-state index contributed by atoms with van der Waals surface area (Å²) in [5.74, 6) is 1.17. The predicted molar refractivity (Wildman–Crippen MR) is 184 cm³/mol. The largest absolute Gasteiger partial charge is 0.456 e. The quantitative estimate of drug-likeness (QED) is 0.188. The highest BCUT2D eigenvalue weighted by Gasteiger charge is 2.25. The van der Waals surface area contributed by atoms with E-state index in [1.165, 1.54) is 0 Å². The van der Waals surface area contributed by atoms with Gasteiger partial charge in [-0.05, 0) is 42.5 Å². The fraction of sp³-hybridized carbons (Fsp3) is 0.0513. The third-order valence-electron chi connectivity index (χ3n) is 8.43. The van der Waals surface area contributed by atoms with Crippen molar-refractivity contribution in [2.45, 2.75) is 0 Å². The molecule has 0 saturated heterocycles. The highest BCUT2D eigenvalue weighted by Crippen LogP contribution is 2.48. The minimum Gasteiger partial charge on any atom is -0.456 e. The van der Waals surface area contributed by atoms with Crippen LogP contribution in [0, 0.1) is 0 Å². The third-order valence-corrected chi connectivity index (χ3v) is 8.43. The van der Waals surface area contributed by atoms with Crippen molar-refractivity contribution in [3.05, 3.63) is 140 Å². The van der Waals surface area contributed by atoms with E-state index >= 15 is 0 Å². The smallest absolute Gasteiger partial charge is 0.219 e. The summed E-state index contributed by atoms with van der Waals surface area (Å²) in [6.07, 6.45) is 5.94. The van der Waals surface area contributed by atoms with Gasteiger partial charge in [0.2, 0.25) is 5.88 Å². The average Bonchev–Trinajstić information content (AvgIpc) is 3.80. The maximum atomic E-state index is 6.63. The summed E-state index contributed by atoms with van der Waals surface area (Å²) in [5.41, 5.74) is 7.00. The molecule has 3 aromatic heterocycles. The number of aromatic nitrogens is 1. The van der Waals surface area contributed by atoms with Crippen LogP contribution in [-0.2, 0) is 0 Å². The third kappa shape index (κ3) is 4.32. The molecule has 8 aromatic rings. The number of hydrogen-bond donors (Lipinski definition) is 0. The Morgan fingerprint density at radius 3 is 2.22 bits per heavy atom. The summed E-state index contributed by atoms with van der Waals surface area (Å²) in [6, 6.07) is 40.7. The van der Waals surface area contributed by atoms with Gasteiger partial charge >= 0.3 is 0 Å². The molecule has 4 heterocycles. The number of rotatable bonds is 6. The van der Waals surface area contributed by atoms with Gasteiger partial charge < -0.3 is 28.3 Å². The molecule has 0 saturated carbocycles. The summed E-state index contributed by atoms with van der Waals surface area (Å²) in [5, 5.41) is 4.12. The second-order valence-corrected chi connectivity index (χ2v) is 11.5. The molecule has 0 fully saturated rings. The molecule has 0 aliphatic carbocycles. The van der Waals surface area contributed by atoms with Gasteiger partial charge in [-0.3, -0.25) is 0 Å². The van der Waals surface area contributed by atoms with E-state index in [1.54, 1.807) is 6.20 Å². The van der Waals surface area contributed by atoms with Crippen LogP contribution in [0.25, 0.3) is 43.9 Å². The van der Waals surface area contributed by atoms with Crippen LogP contribution in [0.3, 0.4) is 0 Å². The Hall–Kier alpha value is -6.21. The highest BCUT2D eigenvalue weighted by atomic mass is 16.5. The summed E-state index contributed by atoms with van der Waals surface area (Å²) < 4.78 is 19.5. The zero-order chi connectivity index (χ0) is 30.6. The van der Waals surface area contributed by atoms with Crippen molar-refractivity contribution in [2.75, 3.05) is 23.5 Å². The topological polar surface area (TPSA) is 58.1 Å². The molecule has 0 amide bonds. The van der Waals surface area contributed by atoms with Gasteiger partial charge in [-0.2, -0.15) is 0 Å². The lowest BCUT2D eigenvalue weighted by atomic mass is 10.1. The van der Waals surface area contributed by atoms with Crippen molar-refractivity contribution in [3.8, 4) is 11.6 Å². The molecule has 5 aromatic carbocycles. The Balaban J connectivity index is 1.34. The molecule has 0 atom stereocenters. The molecule has 1 aliphatic rings. The van der Waals surface area contributed by atoms with Crippen molar-refractivity contribution in [1.82, 2.24) is 9.88 Å². The molecule has 1 aliphatic heterocycles. The number of pyridine rings is 1. The number of para-hydroxylation sites is 3. The molecule has 222 valence electrons. The van der Waals surface area contributed by atoms with Crippen LogP contribution >= 0.6 is 0 Å². The Kier molecular flexibility index (Phi) is 5.96. The van der Waals surface area contributed by atoms with Crippen LogP contribution < -0.4 is 14.5 Å². The Morgan fingerprint density at radius 1 is 0.674 bits per heavy atom. The van der Waals surface area contributed by atoms with Crippen molar-refractivity contribution in [3.63, 3.8) is 0 Å². The van der Waals surface area contributed by atoms with Gasteiger partial charge in [0, 0.05) is 65.7 Å². The van der Waals surface area contributed by atoms with Crippen LogP contribution in [0.4, 0.5) is 22.7 Å². The molecule has 46 heavy (non-hydrogen) atoms. The van der Waals surface area contributed by atoms with Crippen LogP contribution in [0.5, 0.6) is 11.6 Å². The number of benzene rings is 5. The number of ether oxygens (including phenoxy) is 1. The first-order valence-electron chi connectivity index (χ1n) is 15.2. The molecular formula is C39H28N4O3. The van der Waals surface area contributed by atoms with E-state index in [1.807, 2.05) is 78.9 Å². The molecule has 0 unspecified atom stereocenters. The van der Waals surface area contributed by atoms with Crippen molar-refractivity contribution < 1.29 is 13.6 Å². The molecule has 0 radical (unpaired) electrons. The van der Waals surface area contributed by atoms with Crippen molar-refractivity contribution in [1.29, 1.82) is 0 Å². The SMILES string of the molecule is CN1C=CN(c2cc(N(c3ccccc3)c3cc(Oc4ccccn4)cc4c3oc3ccccc34)cc3oc4ccccc4c23)C1. The fourth-order valence-electron chi connectivity index (χ4n) is 6.40. The van der Waals surface area contributed by atoms with Gasteiger partial charge in [-0.1, -0.05) is 60.7 Å². The fourth-order valence-corrected chi connectivity index (χ4v) is 6.40. The molecule has 7 heteroatoms. The lowest BCUT2D eigenvalue weighted by Crippen LogP contribution is -2.22. The van der Waals surface area contributed by atoms with Gasteiger partial charge in [0.1, 0.15) is 22.5 Å². The van der Waals surface area contributed by atoms with Gasteiger partial charge in [0.05, 0.1) is 29.1 Å². The number of fused-ring (bicyclic) bond motifs is 6. The monoisotopic (exact) mass is 600 g/mol. The normalized spacial score (nSPS) is 13.1. The first kappa shape index (κ1) is 26.2. The lowest BCUT2D eigenvalue weighted by Gasteiger charge is -2.28. The molecular weight excluding hydrogens is 572 g/mol. The zero-order valence-corrected chi connectivity index (χ0v) is 25.0. The van der Waals surface area contributed by atoms with E-state index < -0.39 is 0 Å². The maximum absolute atomic E-state index is 6.63. The predicted octanol–water partition coefficient (Wildman–Crippen LogP) is 10.3. The molecule has 0 N–H and O–H groups in total. The van der Waals surface area contributed by atoms with Gasteiger partial charge in [0.15, 0.2) is 5.58 Å². The minimum atomic E-state index is 0.516. The molecule has 7 nitrogen and oxygen atoms in total. The number of nitrogens with zero attached hydrogens (tertiary/aromatic N) is 4. The Bertz CT molecular complexity index is 2410. The second kappa shape index (κ2) is 10.5. The van der Waals surface area contributed by atoms with Crippen molar-refractivity contribution in [2.24, 2.45) is 0 Å². The molecule has 0 spiro atoms. The first-order valence-corrected chi connectivity index (χ1v) is 15.2. The standard InChI is InChI=1S/C39H28N4O3/c1-41-19-20-42(25-41)32-21-27(22-36-38(32)30-14-6-8-16-35(30)45-36)43(26-11-3-2-4-12-26)33-24-28(44-37-17-9-10-18-40-37)23-31-29-13-5-7-15-34(29)46-39(31)33/h2-24H,25H2,1H3. The minimum absolute atomic E-state index is 0.516. The number of furan rings is 2.